The topological polar surface area (TPSA) is 23.6 Å². The van der Waals surface area contributed by atoms with Gasteiger partial charge in [0.2, 0.25) is 5.91 Å². The van der Waals surface area contributed by atoms with Crippen LogP contribution in [0.25, 0.3) is 0 Å². The number of hydrogen-bond acceptors (Lipinski definition) is 2. The zero-order valence-electron chi connectivity index (χ0n) is 13.7. The van der Waals surface area contributed by atoms with Crippen LogP contribution >= 0.6 is 0 Å². The van der Waals surface area contributed by atoms with Gasteiger partial charge in [0.05, 0.1) is 0 Å². The number of carbonyl (C=O) groups is 1. The normalized spacial score (nSPS) is 11.3. The van der Waals surface area contributed by atoms with Crippen LogP contribution < -0.4 is 0 Å². The summed E-state index contributed by atoms with van der Waals surface area (Å²) in [5, 5.41) is 0. The van der Waals surface area contributed by atoms with Gasteiger partial charge in [-0.2, -0.15) is 0 Å². The lowest BCUT2D eigenvalue weighted by Gasteiger charge is -2.18. The molecule has 1 amide bonds. The highest BCUT2D eigenvalue weighted by atomic mass is 16.2. The molecule has 114 valence electrons. The second-order valence-electron chi connectivity index (χ2n) is 6.06. The van der Waals surface area contributed by atoms with E-state index < -0.39 is 0 Å². The molecule has 0 unspecified atom stereocenters. The van der Waals surface area contributed by atoms with E-state index >= 15 is 0 Å². The van der Waals surface area contributed by atoms with Crippen LogP contribution in [0.2, 0.25) is 0 Å². The molecule has 0 fully saturated rings. The lowest BCUT2D eigenvalue weighted by atomic mass is 10.1. The molecule has 0 atom stereocenters. The predicted octanol–water partition coefficient (Wildman–Crippen LogP) is 3.39. The van der Waals surface area contributed by atoms with E-state index in [4.69, 9.17) is 0 Å². The Balaban J connectivity index is 3.51. The summed E-state index contributed by atoms with van der Waals surface area (Å²) < 4.78 is 0. The van der Waals surface area contributed by atoms with E-state index in [1.54, 1.807) is 0 Å². The van der Waals surface area contributed by atoms with E-state index in [0.717, 1.165) is 44.8 Å². The fraction of sp³-hybridized carbons (Fsp3) is 0.938. The third-order valence-corrected chi connectivity index (χ3v) is 3.67. The molecular formula is C16H34N2O. The first kappa shape index (κ1) is 18.4. The molecule has 0 bridgehead atoms. The van der Waals surface area contributed by atoms with Crippen molar-refractivity contribution in [1.29, 1.82) is 0 Å². The highest BCUT2D eigenvalue weighted by molar-refractivity contribution is 5.75. The van der Waals surface area contributed by atoms with Gasteiger partial charge in [-0.15, -0.1) is 0 Å². The third-order valence-electron chi connectivity index (χ3n) is 3.67. The Morgan fingerprint density at radius 2 is 1.68 bits per heavy atom. The standard InChI is InChI=1S/C16H34N2O/c1-6-17(4)13-9-7-8-12-16(19)18(5)14-10-11-15(2)3/h15H,6-14H2,1-5H3. The van der Waals surface area contributed by atoms with Crippen molar-refractivity contribution in [2.75, 3.05) is 33.7 Å². The SMILES string of the molecule is CCN(C)CCCCCC(=O)N(C)CCCC(C)C. The van der Waals surface area contributed by atoms with Crippen molar-refractivity contribution in [2.45, 2.75) is 59.3 Å². The molecule has 0 aliphatic rings. The van der Waals surface area contributed by atoms with Gasteiger partial charge in [0.1, 0.15) is 0 Å². The number of nitrogens with zero attached hydrogens (tertiary/aromatic N) is 2. The Labute approximate surface area is 120 Å². The molecule has 0 aliphatic carbocycles. The van der Waals surface area contributed by atoms with E-state index in [0.29, 0.717) is 12.3 Å². The van der Waals surface area contributed by atoms with Gasteiger partial charge in [-0.25, -0.2) is 0 Å². The number of unbranched alkanes of at least 4 members (excludes halogenated alkanes) is 2. The average Bonchev–Trinajstić information content (AvgIpc) is 2.37. The maximum Gasteiger partial charge on any atom is 0.222 e. The van der Waals surface area contributed by atoms with Gasteiger partial charge < -0.3 is 9.80 Å². The van der Waals surface area contributed by atoms with Crippen molar-refractivity contribution in [3.05, 3.63) is 0 Å². The maximum absolute atomic E-state index is 11.9. The highest BCUT2D eigenvalue weighted by Gasteiger charge is 2.08. The monoisotopic (exact) mass is 270 g/mol. The summed E-state index contributed by atoms with van der Waals surface area (Å²) in [6.07, 6.45) is 6.45. The molecule has 0 N–H and O–H groups in total. The van der Waals surface area contributed by atoms with Gasteiger partial charge in [-0.3, -0.25) is 4.79 Å². The summed E-state index contributed by atoms with van der Waals surface area (Å²) in [6, 6.07) is 0. The number of hydrogen-bond donors (Lipinski definition) is 0. The Morgan fingerprint density at radius 1 is 1.00 bits per heavy atom. The van der Waals surface area contributed by atoms with Gasteiger partial charge in [0, 0.05) is 20.0 Å². The molecule has 0 spiro atoms. The molecule has 0 aliphatic heterocycles. The van der Waals surface area contributed by atoms with Crippen molar-refractivity contribution in [3.63, 3.8) is 0 Å². The molecule has 0 radical (unpaired) electrons. The van der Waals surface area contributed by atoms with E-state index in [1.165, 1.54) is 12.8 Å². The average molecular weight is 270 g/mol. The van der Waals surface area contributed by atoms with Crippen LogP contribution in [0.5, 0.6) is 0 Å². The minimum atomic E-state index is 0.313. The van der Waals surface area contributed by atoms with Gasteiger partial charge in [0.15, 0.2) is 0 Å². The number of carbonyl (C=O) groups excluding carboxylic acids is 1. The minimum Gasteiger partial charge on any atom is -0.346 e. The lowest BCUT2D eigenvalue weighted by molar-refractivity contribution is -0.130. The number of rotatable bonds is 11. The molecule has 0 saturated carbocycles. The molecule has 3 heteroatoms. The highest BCUT2D eigenvalue weighted by Crippen LogP contribution is 2.07. The van der Waals surface area contributed by atoms with Crippen LogP contribution in [0.1, 0.15) is 59.3 Å². The van der Waals surface area contributed by atoms with Crippen molar-refractivity contribution < 1.29 is 4.79 Å². The molecular weight excluding hydrogens is 236 g/mol. The largest absolute Gasteiger partial charge is 0.346 e. The zero-order chi connectivity index (χ0) is 14.7. The van der Waals surface area contributed by atoms with Crippen LogP contribution in [-0.4, -0.2) is 49.4 Å². The quantitative estimate of drug-likeness (QED) is 0.537. The molecule has 0 aromatic heterocycles. The van der Waals surface area contributed by atoms with E-state index in [2.05, 4.69) is 32.7 Å². The van der Waals surface area contributed by atoms with Crippen LogP contribution in [0.4, 0.5) is 0 Å². The van der Waals surface area contributed by atoms with Gasteiger partial charge in [0.25, 0.3) is 0 Å². The fourth-order valence-electron chi connectivity index (χ4n) is 2.05. The molecule has 0 rings (SSSR count). The Morgan fingerprint density at radius 3 is 2.26 bits per heavy atom. The maximum atomic E-state index is 11.9. The van der Waals surface area contributed by atoms with Gasteiger partial charge in [-0.1, -0.05) is 27.2 Å². The Kier molecular flexibility index (Phi) is 10.9. The van der Waals surface area contributed by atoms with Crippen molar-refractivity contribution in [1.82, 2.24) is 9.80 Å². The molecule has 19 heavy (non-hydrogen) atoms. The molecule has 0 aromatic rings. The van der Waals surface area contributed by atoms with E-state index in [1.807, 2.05) is 11.9 Å². The predicted molar refractivity (Wildman–Crippen MR) is 83.3 cm³/mol. The van der Waals surface area contributed by atoms with Crippen LogP contribution in [-0.2, 0) is 4.79 Å². The van der Waals surface area contributed by atoms with Gasteiger partial charge in [-0.05, 0) is 51.7 Å². The minimum absolute atomic E-state index is 0.313. The van der Waals surface area contributed by atoms with Crippen LogP contribution in [0.15, 0.2) is 0 Å². The first-order valence-corrected chi connectivity index (χ1v) is 7.89. The number of amides is 1. The van der Waals surface area contributed by atoms with Crippen LogP contribution in [0, 0.1) is 5.92 Å². The summed E-state index contributed by atoms with van der Waals surface area (Å²) in [5.41, 5.74) is 0. The molecule has 0 heterocycles. The third kappa shape index (κ3) is 11.0. The summed E-state index contributed by atoms with van der Waals surface area (Å²) in [7, 11) is 4.08. The fourth-order valence-corrected chi connectivity index (χ4v) is 2.05. The summed E-state index contributed by atoms with van der Waals surface area (Å²) in [4.78, 5) is 16.1. The van der Waals surface area contributed by atoms with Gasteiger partial charge >= 0.3 is 0 Å². The summed E-state index contributed by atoms with van der Waals surface area (Å²) in [5.74, 6) is 1.05. The van der Waals surface area contributed by atoms with Crippen LogP contribution in [0.3, 0.4) is 0 Å². The van der Waals surface area contributed by atoms with Crippen molar-refractivity contribution >= 4 is 5.91 Å². The summed E-state index contributed by atoms with van der Waals surface area (Å²) >= 11 is 0. The Hall–Kier alpha value is -0.570. The molecule has 0 aromatic carbocycles. The lowest BCUT2D eigenvalue weighted by Crippen LogP contribution is -2.27. The molecule has 3 nitrogen and oxygen atoms in total. The van der Waals surface area contributed by atoms with Crippen molar-refractivity contribution in [2.24, 2.45) is 5.92 Å². The first-order valence-electron chi connectivity index (χ1n) is 7.89. The van der Waals surface area contributed by atoms with E-state index in [-0.39, 0.29) is 0 Å². The van der Waals surface area contributed by atoms with Crippen molar-refractivity contribution in [3.8, 4) is 0 Å². The first-order chi connectivity index (χ1) is 8.97. The van der Waals surface area contributed by atoms with E-state index in [9.17, 15) is 4.79 Å². The smallest absolute Gasteiger partial charge is 0.222 e. The second-order valence-corrected chi connectivity index (χ2v) is 6.06. The second kappa shape index (κ2) is 11.3. The summed E-state index contributed by atoms with van der Waals surface area (Å²) in [6.45, 7) is 9.81. The Bertz CT molecular complexity index is 229. The zero-order valence-corrected chi connectivity index (χ0v) is 13.7. The molecule has 0 saturated heterocycles.